The van der Waals surface area contributed by atoms with Crippen LogP contribution in [0.4, 0.5) is 11.8 Å². The second-order valence-electron chi connectivity index (χ2n) is 7.86. The highest BCUT2D eigenvalue weighted by Crippen LogP contribution is 2.22. The maximum Gasteiger partial charge on any atom is 0.227 e. The van der Waals surface area contributed by atoms with Gasteiger partial charge in [0.15, 0.2) is 0 Å². The number of morpholine rings is 1. The van der Waals surface area contributed by atoms with Crippen LogP contribution in [0.25, 0.3) is 0 Å². The fourth-order valence-corrected chi connectivity index (χ4v) is 4.07. The van der Waals surface area contributed by atoms with Crippen LogP contribution in [-0.4, -0.2) is 77.1 Å². The summed E-state index contributed by atoms with van der Waals surface area (Å²) in [6.07, 6.45) is 4.23. The molecule has 4 rings (SSSR count). The third-order valence-corrected chi connectivity index (χ3v) is 5.86. The maximum atomic E-state index is 5.46. The molecule has 4 heterocycles. The third kappa shape index (κ3) is 4.28. The van der Waals surface area contributed by atoms with E-state index in [1.807, 2.05) is 24.0 Å². The topological polar surface area (TPSA) is 62.6 Å². The maximum absolute atomic E-state index is 5.46. The van der Waals surface area contributed by atoms with E-state index in [0.717, 1.165) is 63.4 Å². The Morgan fingerprint density at radius 2 is 2.07 bits per heavy atom. The average molecular weight is 386 g/mol. The molecule has 0 N–H and O–H groups in total. The second kappa shape index (κ2) is 8.45. The van der Waals surface area contributed by atoms with Gasteiger partial charge in [0.1, 0.15) is 5.82 Å². The van der Waals surface area contributed by atoms with Crippen molar-refractivity contribution < 1.29 is 4.74 Å². The number of anilines is 2. The van der Waals surface area contributed by atoms with Crippen molar-refractivity contribution in [1.29, 1.82) is 0 Å². The summed E-state index contributed by atoms with van der Waals surface area (Å²) in [5.74, 6) is 1.81. The fraction of sp³-hybridized carbons (Fsp3) is 0.650. The Bertz CT molecular complexity index is 767. The van der Waals surface area contributed by atoms with E-state index < -0.39 is 0 Å². The Kier molecular flexibility index (Phi) is 5.77. The van der Waals surface area contributed by atoms with Crippen LogP contribution >= 0.6 is 0 Å². The minimum atomic E-state index is 0.415. The third-order valence-electron chi connectivity index (χ3n) is 5.86. The van der Waals surface area contributed by atoms with Gasteiger partial charge >= 0.3 is 0 Å². The summed E-state index contributed by atoms with van der Waals surface area (Å²) in [5.41, 5.74) is 2.35. The van der Waals surface area contributed by atoms with Crippen LogP contribution in [0.5, 0.6) is 0 Å². The van der Waals surface area contributed by atoms with E-state index >= 15 is 0 Å². The molecule has 2 aromatic rings. The van der Waals surface area contributed by atoms with Gasteiger partial charge in [-0.25, -0.2) is 4.98 Å². The van der Waals surface area contributed by atoms with Gasteiger partial charge in [0, 0.05) is 58.2 Å². The van der Waals surface area contributed by atoms with E-state index in [4.69, 9.17) is 9.72 Å². The first kappa shape index (κ1) is 19.1. The van der Waals surface area contributed by atoms with Gasteiger partial charge in [0.05, 0.1) is 18.9 Å². The van der Waals surface area contributed by atoms with Crippen LogP contribution < -0.4 is 9.80 Å². The normalized spacial score (nSPS) is 21.1. The number of likely N-dealkylation sites (N-methyl/N-ethyl adjacent to an activating group) is 1. The van der Waals surface area contributed by atoms with Crippen molar-refractivity contribution in [3.63, 3.8) is 0 Å². The van der Waals surface area contributed by atoms with E-state index in [1.165, 1.54) is 18.5 Å². The van der Waals surface area contributed by atoms with Gasteiger partial charge in [-0.1, -0.05) is 0 Å². The number of ether oxygens (including phenoxy) is 1. The van der Waals surface area contributed by atoms with Crippen molar-refractivity contribution in [2.45, 2.75) is 32.4 Å². The number of piperidine rings is 1. The van der Waals surface area contributed by atoms with Gasteiger partial charge in [0.25, 0.3) is 0 Å². The molecule has 2 fully saturated rings. The lowest BCUT2D eigenvalue weighted by atomic mass is 10.0. The van der Waals surface area contributed by atoms with Gasteiger partial charge in [-0.3, -0.25) is 9.58 Å². The monoisotopic (exact) mass is 385 g/mol. The van der Waals surface area contributed by atoms with Crippen LogP contribution in [0, 0.1) is 6.92 Å². The number of rotatable bonds is 5. The molecule has 2 aromatic heterocycles. The quantitative estimate of drug-likeness (QED) is 0.772. The molecule has 0 amide bonds. The van der Waals surface area contributed by atoms with Crippen molar-refractivity contribution >= 4 is 11.8 Å². The van der Waals surface area contributed by atoms with Crippen LogP contribution in [0.15, 0.2) is 18.3 Å². The zero-order valence-electron chi connectivity index (χ0n) is 17.2. The molecular formula is C20H31N7O. The molecule has 152 valence electrons. The van der Waals surface area contributed by atoms with Crippen molar-refractivity contribution in [3.05, 3.63) is 29.7 Å². The molecular weight excluding hydrogens is 354 g/mol. The van der Waals surface area contributed by atoms with Gasteiger partial charge in [0.2, 0.25) is 5.95 Å². The Morgan fingerprint density at radius 3 is 2.82 bits per heavy atom. The molecule has 1 unspecified atom stereocenters. The van der Waals surface area contributed by atoms with E-state index in [1.54, 1.807) is 0 Å². The Balaban J connectivity index is 1.41. The highest BCUT2D eigenvalue weighted by atomic mass is 16.5. The minimum Gasteiger partial charge on any atom is -0.378 e. The molecule has 0 aliphatic carbocycles. The van der Waals surface area contributed by atoms with Gasteiger partial charge < -0.3 is 14.5 Å². The number of hydrogen-bond acceptors (Lipinski definition) is 7. The van der Waals surface area contributed by atoms with E-state index in [-0.39, 0.29) is 0 Å². The Morgan fingerprint density at radius 1 is 1.25 bits per heavy atom. The highest BCUT2D eigenvalue weighted by Gasteiger charge is 2.26. The van der Waals surface area contributed by atoms with Crippen molar-refractivity contribution in [2.24, 2.45) is 7.05 Å². The SMILES string of the molecule is Cc1cc(CN2CCCC(N(C)c3nccc(N4CCOCC4)n3)C2)nn1C. The smallest absolute Gasteiger partial charge is 0.227 e. The summed E-state index contributed by atoms with van der Waals surface area (Å²) < 4.78 is 7.41. The van der Waals surface area contributed by atoms with Crippen LogP contribution in [0.1, 0.15) is 24.2 Å². The lowest BCUT2D eigenvalue weighted by Gasteiger charge is -2.37. The van der Waals surface area contributed by atoms with Crippen LogP contribution in [0.3, 0.4) is 0 Å². The molecule has 2 aliphatic rings. The summed E-state index contributed by atoms with van der Waals surface area (Å²) in [7, 11) is 4.13. The first-order valence-electron chi connectivity index (χ1n) is 10.2. The predicted molar refractivity (Wildman–Crippen MR) is 110 cm³/mol. The number of likely N-dealkylation sites (tertiary alicyclic amines) is 1. The van der Waals surface area contributed by atoms with Crippen molar-refractivity contribution in [3.8, 4) is 0 Å². The molecule has 28 heavy (non-hydrogen) atoms. The first-order chi connectivity index (χ1) is 13.6. The summed E-state index contributed by atoms with van der Waals surface area (Å²) >= 11 is 0. The van der Waals surface area contributed by atoms with Crippen LogP contribution in [0.2, 0.25) is 0 Å². The zero-order valence-corrected chi connectivity index (χ0v) is 17.2. The zero-order chi connectivity index (χ0) is 19.5. The average Bonchev–Trinajstić information content (AvgIpc) is 3.05. The number of nitrogens with zero attached hydrogens (tertiary/aromatic N) is 7. The molecule has 0 spiro atoms. The summed E-state index contributed by atoms with van der Waals surface area (Å²) in [4.78, 5) is 16.4. The lowest BCUT2D eigenvalue weighted by Crippen LogP contribution is -2.47. The van der Waals surface area contributed by atoms with E-state index in [0.29, 0.717) is 6.04 Å². The van der Waals surface area contributed by atoms with Crippen LogP contribution in [-0.2, 0) is 18.3 Å². The first-order valence-corrected chi connectivity index (χ1v) is 10.2. The summed E-state index contributed by atoms with van der Waals surface area (Å²) in [6.45, 7) is 8.44. The molecule has 2 aliphatic heterocycles. The van der Waals surface area contributed by atoms with Gasteiger partial charge in [-0.15, -0.1) is 0 Å². The molecule has 8 nitrogen and oxygen atoms in total. The highest BCUT2D eigenvalue weighted by molar-refractivity contribution is 5.44. The van der Waals surface area contributed by atoms with Crippen molar-refractivity contribution in [1.82, 2.24) is 24.6 Å². The summed E-state index contributed by atoms with van der Waals surface area (Å²) in [5, 5.41) is 4.62. The van der Waals surface area contributed by atoms with E-state index in [2.05, 4.69) is 44.8 Å². The molecule has 0 radical (unpaired) electrons. The Hall–Kier alpha value is -2.19. The lowest BCUT2D eigenvalue weighted by molar-refractivity contribution is 0.122. The fourth-order valence-electron chi connectivity index (χ4n) is 4.07. The molecule has 0 aromatic carbocycles. The predicted octanol–water partition coefficient (Wildman–Crippen LogP) is 1.46. The van der Waals surface area contributed by atoms with Crippen molar-refractivity contribution in [2.75, 3.05) is 56.2 Å². The largest absolute Gasteiger partial charge is 0.378 e. The molecule has 0 bridgehead atoms. The van der Waals surface area contributed by atoms with E-state index in [9.17, 15) is 0 Å². The molecule has 1 atom stereocenters. The number of aromatic nitrogens is 4. The number of aryl methyl sites for hydroxylation is 2. The minimum absolute atomic E-state index is 0.415. The number of hydrogen-bond donors (Lipinski definition) is 0. The molecule has 8 heteroatoms. The standard InChI is InChI=1S/C20H31N7O/c1-16-13-17(23-25(16)3)14-26-8-4-5-18(15-26)24(2)20-21-7-6-19(22-20)27-9-11-28-12-10-27/h6-7,13,18H,4-5,8-12,14-15H2,1-3H3. The Labute approximate surface area is 167 Å². The molecule has 0 saturated carbocycles. The molecule has 2 saturated heterocycles. The second-order valence-corrected chi connectivity index (χ2v) is 7.86. The summed E-state index contributed by atoms with van der Waals surface area (Å²) in [6, 6.07) is 4.60. The van der Waals surface area contributed by atoms with Gasteiger partial charge in [-0.05, 0) is 38.4 Å². The van der Waals surface area contributed by atoms with Gasteiger partial charge in [-0.2, -0.15) is 10.1 Å².